The highest BCUT2D eigenvalue weighted by Gasteiger charge is 2.28. The van der Waals surface area contributed by atoms with Crippen LogP contribution in [-0.4, -0.2) is 41.7 Å². The minimum Gasteiger partial charge on any atom is -0.278 e. The van der Waals surface area contributed by atoms with Gasteiger partial charge in [-0.15, -0.1) is 0 Å². The predicted molar refractivity (Wildman–Crippen MR) is 134 cm³/mol. The summed E-state index contributed by atoms with van der Waals surface area (Å²) < 4.78 is 28.2. The third kappa shape index (κ3) is 4.46. The van der Waals surface area contributed by atoms with E-state index >= 15 is 0 Å². The van der Waals surface area contributed by atoms with Gasteiger partial charge in [0.1, 0.15) is 0 Å². The number of nitrogens with zero attached hydrogens (tertiary/aromatic N) is 4. The van der Waals surface area contributed by atoms with Gasteiger partial charge in [0.15, 0.2) is 5.13 Å². The van der Waals surface area contributed by atoms with Crippen LogP contribution in [0.25, 0.3) is 10.2 Å². The number of pyridine rings is 1. The molecule has 34 heavy (non-hydrogen) atoms. The van der Waals surface area contributed by atoms with Crippen LogP contribution in [0.1, 0.15) is 34.5 Å². The quantitative estimate of drug-likeness (QED) is 0.392. The number of hydrogen-bond donors (Lipinski definition) is 0. The highest BCUT2D eigenvalue weighted by Crippen LogP contribution is 2.31. The Morgan fingerprint density at radius 3 is 2.53 bits per heavy atom. The lowest BCUT2D eigenvalue weighted by molar-refractivity contribution is 0.0984. The van der Waals surface area contributed by atoms with Gasteiger partial charge in [-0.3, -0.25) is 14.7 Å². The Kier molecular flexibility index (Phi) is 6.16. The van der Waals surface area contributed by atoms with Gasteiger partial charge >= 0.3 is 0 Å². The van der Waals surface area contributed by atoms with Gasteiger partial charge in [-0.2, -0.15) is 4.31 Å². The molecule has 1 aliphatic heterocycles. The van der Waals surface area contributed by atoms with Crippen molar-refractivity contribution in [2.75, 3.05) is 18.0 Å². The second-order valence-electron chi connectivity index (χ2n) is 8.32. The lowest BCUT2D eigenvalue weighted by Gasteiger charge is -2.20. The van der Waals surface area contributed by atoms with Crippen molar-refractivity contribution in [1.29, 1.82) is 0 Å². The zero-order valence-electron chi connectivity index (χ0n) is 18.7. The molecule has 0 bridgehead atoms. The number of amides is 1. The van der Waals surface area contributed by atoms with Gasteiger partial charge in [0, 0.05) is 24.8 Å². The van der Waals surface area contributed by atoms with Gasteiger partial charge in [0.2, 0.25) is 10.0 Å². The van der Waals surface area contributed by atoms with E-state index in [-0.39, 0.29) is 17.3 Å². The average Bonchev–Trinajstić information content (AvgIpc) is 3.53. The lowest BCUT2D eigenvalue weighted by Crippen LogP contribution is -2.31. The van der Waals surface area contributed by atoms with E-state index in [2.05, 4.69) is 11.1 Å². The summed E-state index contributed by atoms with van der Waals surface area (Å²) in [5.74, 6) is -0.258. The number of benzene rings is 2. The molecule has 0 N–H and O–H groups in total. The molecule has 9 heteroatoms. The molecular formula is C25H24N4O3S2. The number of sulfonamides is 1. The molecule has 0 aliphatic carbocycles. The van der Waals surface area contributed by atoms with E-state index in [1.165, 1.54) is 27.8 Å². The van der Waals surface area contributed by atoms with Crippen molar-refractivity contribution in [3.8, 4) is 0 Å². The van der Waals surface area contributed by atoms with E-state index in [1.807, 2.05) is 37.3 Å². The molecule has 1 aliphatic rings. The lowest BCUT2D eigenvalue weighted by atomic mass is 10.2. The molecule has 4 aromatic rings. The molecule has 3 heterocycles. The largest absolute Gasteiger partial charge is 0.278 e. The second kappa shape index (κ2) is 9.25. The van der Waals surface area contributed by atoms with E-state index in [1.54, 1.807) is 23.2 Å². The average molecular weight is 493 g/mol. The highest BCUT2D eigenvalue weighted by molar-refractivity contribution is 7.89. The number of aromatic nitrogens is 2. The predicted octanol–water partition coefficient (Wildman–Crippen LogP) is 4.63. The summed E-state index contributed by atoms with van der Waals surface area (Å²) in [5.41, 5.74) is 3.09. The van der Waals surface area contributed by atoms with Crippen LogP contribution in [0.15, 0.2) is 71.8 Å². The molecule has 1 saturated heterocycles. The molecule has 1 fully saturated rings. The van der Waals surface area contributed by atoms with Crippen molar-refractivity contribution in [2.24, 2.45) is 0 Å². The van der Waals surface area contributed by atoms with Gasteiger partial charge < -0.3 is 0 Å². The Bertz CT molecular complexity index is 1430. The van der Waals surface area contributed by atoms with Crippen LogP contribution in [-0.2, 0) is 16.6 Å². The van der Waals surface area contributed by atoms with Crippen LogP contribution in [0.5, 0.6) is 0 Å². The molecular weight excluding hydrogens is 468 g/mol. The second-order valence-corrected chi connectivity index (χ2v) is 11.3. The van der Waals surface area contributed by atoms with Crippen molar-refractivity contribution >= 4 is 42.6 Å². The van der Waals surface area contributed by atoms with Crippen molar-refractivity contribution < 1.29 is 13.2 Å². The molecule has 0 radical (unpaired) electrons. The normalized spacial score (nSPS) is 14.5. The van der Waals surface area contributed by atoms with Crippen LogP contribution < -0.4 is 4.90 Å². The Morgan fingerprint density at radius 2 is 1.82 bits per heavy atom. The van der Waals surface area contributed by atoms with E-state index in [4.69, 9.17) is 4.98 Å². The van der Waals surface area contributed by atoms with Crippen LogP contribution in [0.2, 0.25) is 0 Å². The van der Waals surface area contributed by atoms with E-state index in [0.717, 1.165) is 34.3 Å². The maximum absolute atomic E-state index is 13.6. The standard InChI is InChI=1S/C25H24N4O3S2/c1-18-7-12-22-23(16-18)33-25(27-22)29(17-20-6-2-3-13-26-20)24(30)19-8-10-21(11-9-19)34(31,32)28-14-4-5-15-28/h2-3,6-13,16H,4-5,14-15,17H2,1H3. The number of hydrogen-bond acceptors (Lipinski definition) is 6. The molecule has 7 nitrogen and oxygen atoms in total. The first-order chi connectivity index (χ1) is 16.4. The number of fused-ring (bicyclic) bond motifs is 1. The summed E-state index contributed by atoms with van der Waals surface area (Å²) in [6.07, 6.45) is 3.44. The fourth-order valence-electron chi connectivity index (χ4n) is 4.02. The van der Waals surface area contributed by atoms with Crippen molar-refractivity contribution in [1.82, 2.24) is 14.3 Å². The number of anilines is 1. The van der Waals surface area contributed by atoms with Crippen molar-refractivity contribution in [3.05, 3.63) is 83.7 Å². The van der Waals surface area contributed by atoms with E-state index in [9.17, 15) is 13.2 Å². The van der Waals surface area contributed by atoms with Crippen molar-refractivity contribution in [3.63, 3.8) is 0 Å². The maximum atomic E-state index is 13.6. The molecule has 1 amide bonds. The summed E-state index contributed by atoms with van der Waals surface area (Å²) in [4.78, 5) is 24.5. The van der Waals surface area contributed by atoms with E-state index < -0.39 is 10.0 Å². The van der Waals surface area contributed by atoms with Gasteiger partial charge in [-0.1, -0.05) is 23.5 Å². The minimum atomic E-state index is -3.54. The SMILES string of the molecule is Cc1ccc2nc(N(Cc3ccccn3)C(=O)c3ccc(S(=O)(=O)N4CCCC4)cc3)sc2c1. The first kappa shape index (κ1) is 22.6. The van der Waals surface area contributed by atoms with Crippen LogP contribution in [0.4, 0.5) is 5.13 Å². The Labute approximate surface area is 202 Å². The van der Waals surface area contributed by atoms with Crippen LogP contribution >= 0.6 is 11.3 Å². The minimum absolute atomic E-state index is 0.206. The first-order valence-electron chi connectivity index (χ1n) is 11.1. The maximum Gasteiger partial charge on any atom is 0.260 e. The monoisotopic (exact) mass is 492 g/mol. The number of carbonyl (C=O) groups is 1. The van der Waals surface area contributed by atoms with Gasteiger partial charge in [-0.05, 0) is 73.9 Å². The molecule has 0 atom stereocenters. The summed E-state index contributed by atoms with van der Waals surface area (Å²) in [6, 6.07) is 17.8. The fraction of sp³-hybridized carbons (Fsp3) is 0.240. The van der Waals surface area contributed by atoms with E-state index in [0.29, 0.717) is 23.8 Å². The Morgan fingerprint density at radius 1 is 1.06 bits per heavy atom. The van der Waals surface area contributed by atoms with Crippen LogP contribution in [0, 0.1) is 6.92 Å². The summed E-state index contributed by atoms with van der Waals surface area (Å²) in [6.45, 7) is 3.36. The fourth-order valence-corrected chi connectivity index (χ4v) is 6.60. The zero-order valence-corrected chi connectivity index (χ0v) is 20.3. The third-order valence-corrected chi connectivity index (χ3v) is 8.81. The zero-order chi connectivity index (χ0) is 23.7. The number of thiazole rings is 1. The number of carbonyl (C=O) groups excluding carboxylic acids is 1. The molecule has 5 rings (SSSR count). The highest BCUT2D eigenvalue weighted by atomic mass is 32.2. The molecule has 2 aromatic carbocycles. The summed E-state index contributed by atoms with van der Waals surface area (Å²) in [7, 11) is -3.54. The Balaban J connectivity index is 1.48. The van der Waals surface area contributed by atoms with Gasteiger partial charge in [-0.25, -0.2) is 13.4 Å². The smallest absolute Gasteiger partial charge is 0.260 e. The molecule has 0 saturated carbocycles. The van der Waals surface area contributed by atoms with Crippen LogP contribution in [0.3, 0.4) is 0 Å². The molecule has 2 aromatic heterocycles. The Hall–Kier alpha value is -3.14. The summed E-state index contributed by atoms with van der Waals surface area (Å²) in [5, 5.41) is 0.574. The molecule has 0 spiro atoms. The van der Waals surface area contributed by atoms with Gasteiger partial charge in [0.25, 0.3) is 5.91 Å². The number of aryl methyl sites for hydroxylation is 1. The first-order valence-corrected chi connectivity index (χ1v) is 13.4. The molecule has 174 valence electrons. The summed E-state index contributed by atoms with van der Waals surface area (Å²) >= 11 is 1.45. The molecule has 0 unspecified atom stereocenters. The van der Waals surface area contributed by atoms with Crippen molar-refractivity contribution in [2.45, 2.75) is 31.2 Å². The topological polar surface area (TPSA) is 83.5 Å². The number of rotatable bonds is 6. The third-order valence-electron chi connectivity index (χ3n) is 5.86. The van der Waals surface area contributed by atoms with Gasteiger partial charge in [0.05, 0.1) is 27.4 Å².